The smallest absolute Gasteiger partial charge is 0.325 e. The SMILES string of the molecule is C.CCCN1CCNC1.CCCNC(C)(C)C(=O)OCC. The number of hydrogen-bond donors (Lipinski definition) is 2. The van der Waals surface area contributed by atoms with E-state index in [9.17, 15) is 4.79 Å². The van der Waals surface area contributed by atoms with Crippen molar-refractivity contribution < 1.29 is 9.53 Å². The van der Waals surface area contributed by atoms with E-state index in [2.05, 4.69) is 29.4 Å². The molecule has 1 rings (SSSR count). The summed E-state index contributed by atoms with van der Waals surface area (Å²) in [5, 5.41) is 6.40. The molecule has 0 radical (unpaired) electrons. The van der Waals surface area contributed by atoms with Crippen molar-refractivity contribution in [1.82, 2.24) is 15.5 Å². The van der Waals surface area contributed by atoms with Crippen molar-refractivity contribution in [3.05, 3.63) is 0 Å². The van der Waals surface area contributed by atoms with Gasteiger partial charge in [-0.3, -0.25) is 9.69 Å². The van der Waals surface area contributed by atoms with Gasteiger partial charge < -0.3 is 15.4 Å². The molecule has 0 spiro atoms. The van der Waals surface area contributed by atoms with Crippen LogP contribution in [0.2, 0.25) is 0 Å². The van der Waals surface area contributed by atoms with Crippen LogP contribution in [0.1, 0.15) is 54.9 Å². The van der Waals surface area contributed by atoms with Crippen LogP contribution in [-0.2, 0) is 9.53 Å². The first-order valence-electron chi connectivity index (χ1n) is 7.83. The first-order valence-corrected chi connectivity index (χ1v) is 7.83. The second kappa shape index (κ2) is 13.0. The minimum Gasteiger partial charge on any atom is -0.465 e. The number of rotatable bonds is 7. The lowest BCUT2D eigenvalue weighted by molar-refractivity contribution is -0.149. The Morgan fingerprint density at radius 3 is 2.38 bits per heavy atom. The Bertz CT molecular complexity index is 252. The van der Waals surface area contributed by atoms with Crippen molar-refractivity contribution in [2.24, 2.45) is 0 Å². The topological polar surface area (TPSA) is 53.6 Å². The minimum absolute atomic E-state index is 0. The third-order valence-corrected chi connectivity index (χ3v) is 3.08. The van der Waals surface area contributed by atoms with Crippen LogP contribution in [0.5, 0.6) is 0 Å². The molecule has 5 nitrogen and oxygen atoms in total. The van der Waals surface area contributed by atoms with Gasteiger partial charge in [0.25, 0.3) is 0 Å². The van der Waals surface area contributed by atoms with Gasteiger partial charge in [0.05, 0.1) is 6.61 Å². The van der Waals surface area contributed by atoms with Crippen molar-refractivity contribution in [3.8, 4) is 0 Å². The molecule has 1 aliphatic heterocycles. The molecule has 0 aromatic heterocycles. The fourth-order valence-corrected chi connectivity index (χ4v) is 1.88. The lowest BCUT2D eigenvalue weighted by atomic mass is 10.1. The Hall–Kier alpha value is -0.650. The lowest BCUT2D eigenvalue weighted by Gasteiger charge is -2.23. The monoisotopic (exact) mass is 303 g/mol. The fraction of sp³-hybridized carbons (Fsp3) is 0.938. The first kappa shape index (κ1) is 22.6. The van der Waals surface area contributed by atoms with E-state index >= 15 is 0 Å². The van der Waals surface area contributed by atoms with Crippen molar-refractivity contribution >= 4 is 5.97 Å². The van der Waals surface area contributed by atoms with Gasteiger partial charge in [0.2, 0.25) is 0 Å². The average molecular weight is 303 g/mol. The normalized spacial score (nSPS) is 14.9. The van der Waals surface area contributed by atoms with Gasteiger partial charge in [-0.1, -0.05) is 21.3 Å². The molecule has 5 heteroatoms. The molecular formula is C16H37N3O2. The van der Waals surface area contributed by atoms with E-state index in [0.717, 1.165) is 19.6 Å². The van der Waals surface area contributed by atoms with Gasteiger partial charge in [-0.25, -0.2) is 0 Å². The van der Waals surface area contributed by atoms with E-state index in [4.69, 9.17) is 4.74 Å². The maximum Gasteiger partial charge on any atom is 0.325 e. The second-order valence-corrected chi connectivity index (χ2v) is 5.55. The molecule has 2 N–H and O–H groups in total. The van der Waals surface area contributed by atoms with Gasteiger partial charge in [-0.15, -0.1) is 0 Å². The van der Waals surface area contributed by atoms with Crippen molar-refractivity contribution in [2.45, 2.75) is 60.4 Å². The van der Waals surface area contributed by atoms with Crippen LogP contribution in [0.4, 0.5) is 0 Å². The van der Waals surface area contributed by atoms with E-state index in [-0.39, 0.29) is 13.4 Å². The van der Waals surface area contributed by atoms with Crippen molar-refractivity contribution in [2.75, 3.05) is 39.5 Å². The maximum atomic E-state index is 11.3. The summed E-state index contributed by atoms with van der Waals surface area (Å²) >= 11 is 0. The summed E-state index contributed by atoms with van der Waals surface area (Å²) in [6, 6.07) is 0. The number of esters is 1. The van der Waals surface area contributed by atoms with E-state index in [1.165, 1.54) is 26.1 Å². The molecule has 0 unspecified atom stereocenters. The average Bonchev–Trinajstić information content (AvgIpc) is 2.91. The van der Waals surface area contributed by atoms with Gasteiger partial charge >= 0.3 is 5.97 Å². The fourth-order valence-electron chi connectivity index (χ4n) is 1.88. The van der Waals surface area contributed by atoms with Crippen molar-refractivity contribution in [1.29, 1.82) is 0 Å². The molecular weight excluding hydrogens is 266 g/mol. The van der Waals surface area contributed by atoms with Crippen LogP contribution in [-0.4, -0.2) is 55.9 Å². The van der Waals surface area contributed by atoms with Crippen LogP contribution >= 0.6 is 0 Å². The summed E-state index contributed by atoms with van der Waals surface area (Å²) in [5.74, 6) is -0.182. The molecule has 1 saturated heterocycles. The van der Waals surface area contributed by atoms with Crippen LogP contribution < -0.4 is 10.6 Å². The highest BCUT2D eigenvalue weighted by atomic mass is 16.5. The Labute approximate surface area is 131 Å². The molecule has 128 valence electrons. The van der Waals surface area contributed by atoms with Crippen molar-refractivity contribution in [3.63, 3.8) is 0 Å². The molecule has 0 aliphatic carbocycles. The first-order chi connectivity index (χ1) is 9.47. The second-order valence-electron chi connectivity index (χ2n) is 5.55. The Morgan fingerprint density at radius 2 is 1.95 bits per heavy atom. The molecule has 1 fully saturated rings. The van der Waals surface area contributed by atoms with Gasteiger partial charge in [0, 0.05) is 19.8 Å². The van der Waals surface area contributed by atoms with Crippen LogP contribution in [0.25, 0.3) is 0 Å². The molecule has 0 aromatic carbocycles. The molecule has 1 heterocycles. The number of nitrogens with one attached hydrogen (secondary N) is 2. The van der Waals surface area contributed by atoms with Gasteiger partial charge in [0.15, 0.2) is 0 Å². The zero-order valence-corrected chi connectivity index (χ0v) is 13.9. The number of nitrogens with zero attached hydrogens (tertiary/aromatic N) is 1. The standard InChI is InChI=1S/C9H19NO2.C6H14N2.CH4/c1-5-7-10-9(3,4)8(11)12-6-2;1-2-4-8-5-3-7-6-8;/h10H,5-7H2,1-4H3;7H,2-6H2,1H3;1H4. The Kier molecular flexibility index (Phi) is 14.1. The lowest BCUT2D eigenvalue weighted by Crippen LogP contribution is -2.48. The third-order valence-electron chi connectivity index (χ3n) is 3.08. The molecule has 0 amide bonds. The van der Waals surface area contributed by atoms with E-state index in [1.54, 1.807) is 0 Å². The number of carbonyl (C=O) groups is 1. The molecule has 1 aliphatic rings. The van der Waals surface area contributed by atoms with Crippen LogP contribution in [0, 0.1) is 0 Å². The summed E-state index contributed by atoms with van der Waals surface area (Å²) in [5.41, 5.74) is -0.550. The molecule has 0 saturated carbocycles. The number of ether oxygens (including phenoxy) is 1. The summed E-state index contributed by atoms with van der Waals surface area (Å²) < 4.78 is 4.90. The molecule has 0 bridgehead atoms. The minimum atomic E-state index is -0.550. The zero-order valence-electron chi connectivity index (χ0n) is 13.9. The summed E-state index contributed by atoms with van der Waals surface area (Å²) in [6.07, 6.45) is 2.30. The highest BCUT2D eigenvalue weighted by Crippen LogP contribution is 2.04. The van der Waals surface area contributed by atoms with Gasteiger partial charge in [-0.05, 0) is 46.7 Å². The summed E-state index contributed by atoms with van der Waals surface area (Å²) in [4.78, 5) is 13.7. The van der Waals surface area contributed by atoms with E-state index in [0.29, 0.717) is 6.61 Å². The van der Waals surface area contributed by atoms with Crippen LogP contribution in [0.15, 0.2) is 0 Å². The highest BCUT2D eigenvalue weighted by molar-refractivity contribution is 5.79. The molecule has 0 atom stereocenters. The predicted octanol–water partition coefficient (Wildman–Crippen LogP) is 2.22. The number of hydrogen-bond acceptors (Lipinski definition) is 5. The summed E-state index contributed by atoms with van der Waals surface area (Å²) in [6.45, 7) is 15.8. The Balaban J connectivity index is 0. The quantitative estimate of drug-likeness (QED) is 0.706. The predicted molar refractivity (Wildman–Crippen MR) is 90.5 cm³/mol. The molecule has 21 heavy (non-hydrogen) atoms. The van der Waals surface area contributed by atoms with Crippen LogP contribution in [0.3, 0.4) is 0 Å². The Morgan fingerprint density at radius 1 is 1.29 bits per heavy atom. The highest BCUT2D eigenvalue weighted by Gasteiger charge is 2.27. The van der Waals surface area contributed by atoms with E-state index < -0.39 is 5.54 Å². The van der Waals surface area contributed by atoms with Gasteiger partial charge in [0.1, 0.15) is 5.54 Å². The van der Waals surface area contributed by atoms with E-state index in [1.807, 2.05) is 20.8 Å². The van der Waals surface area contributed by atoms with Gasteiger partial charge in [-0.2, -0.15) is 0 Å². The summed E-state index contributed by atoms with van der Waals surface area (Å²) in [7, 11) is 0. The zero-order chi connectivity index (χ0) is 15.4. The molecule has 0 aromatic rings. The largest absolute Gasteiger partial charge is 0.465 e. The maximum absolute atomic E-state index is 11.3. The third kappa shape index (κ3) is 10.7. The number of carbonyl (C=O) groups excluding carboxylic acids is 1.